The number of nitrogens with two attached hydrogens (primary N) is 1. The zero-order valence-electron chi connectivity index (χ0n) is 16.8. The Kier molecular flexibility index (Phi) is 5.21. The van der Waals surface area contributed by atoms with Crippen LogP contribution in [0.2, 0.25) is 0 Å². The summed E-state index contributed by atoms with van der Waals surface area (Å²) in [5, 5.41) is 1.45. The van der Waals surface area contributed by atoms with Gasteiger partial charge in [-0.15, -0.1) is 0 Å². The van der Waals surface area contributed by atoms with Crippen LogP contribution in [0.4, 0.5) is 17.6 Å². The van der Waals surface area contributed by atoms with Crippen LogP contribution in [0.3, 0.4) is 0 Å². The van der Waals surface area contributed by atoms with Crippen molar-refractivity contribution < 1.29 is 22.4 Å². The Hall–Kier alpha value is -3.35. The van der Waals surface area contributed by atoms with E-state index >= 15 is 0 Å². The molecule has 0 atom stereocenters. The number of hydrogen-bond donors (Lipinski definition) is 1. The molecule has 0 unspecified atom stereocenters. The summed E-state index contributed by atoms with van der Waals surface area (Å²) in [6, 6.07) is 14.0. The zero-order chi connectivity index (χ0) is 22.3. The minimum atomic E-state index is -4.78. The van der Waals surface area contributed by atoms with Crippen molar-refractivity contribution in [3.63, 3.8) is 0 Å². The predicted molar refractivity (Wildman–Crippen MR) is 112 cm³/mol. The number of amides is 1. The second kappa shape index (κ2) is 7.72. The number of aromatic nitrogens is 1. The lowest BCUT2D eigenvalue weighted by Gasteiger charge is -2.12. The van der Waals surface area contributed by atoms with Gasteiger partial charge in [-0.1, -0.05) is 37.6 Å². The fraction of sp³-hybridized carbons (Fsp3) is 0.208. The van der Waals surface area contributed by atoms with E-state index in [1.807, 2.05) is 22.8 Å². The Labute approximate surface area is 176 Å². The minimum Gasteiger partial charge on any atom is -0.366 e. The molecule has 0 saturated heterocycles. The second-order valence-electron chi connectivity index (χ2n) is 7.56. The van der Waals surface area contributed by atoms with E-state index in [0.717, 1.165) is 41.4 Å². The summed E-state index contributed by atoms with van der Waals surface area (Å²) in [6.45, 7) is 2.14. The van der Waals surface area contributed by atoms with Crippen molar-refractivity contribution in [2.75, 3.05) is 0 Å². The number of nitrogens with zero attached hydrogens (tertiary/aromatic N) is 1. The van der Waals surface area contributed by atoms with Crippen LogP contribution in [0.5, 0.6) is 0 Å². The molecule has 31 heavy (non-hydrogen) atoms. The van der Waals surface area contributed by atoms with Crippen LogP contribution in [0.15, 0.2) is 54.6 Å². The van der Waals surface area contributed by atoms with E-state index in [4.69, 9.17) is 5.73 Å². The normalized spacial score (nSPS) is 12.0. The van der Waals surface area contributed by atoms with E-state index in [-0.39, 0.29) is 6.54 Å². The van der Waals surface area contributed by atoms with Gasteiger partial charge in [0.2, 0.25) is 5.91 Å². The van der Waals surface area contributed by atoms with Crippen LogP contribution in [-0.2, 0) is 19.1 Å². The monoisotopic (exact) mass is 428 g/mol. The summed E-state index contributed by atoms with van der Waals surface area (Å²) >= 11 is 0. The van der Waals surface area contributed by atoms with Crippen molar-refractivity contribution in [3.05, 3.63) is 82.7 Å². The minimum absolute atomic E-state index is 0.0845. The number of benzene rings is 3. The lowest BCUT2D eigenvalue weighted by molar-refractivity contribution is -0.140. The molecule has 160 valence electrons. The highest BCUT2D eigenvalue weighted by molar-refractivity contribution is 6.18. The van der Waals surface area contributed by atoms with Crippen molar-refractivity contribution in [2.45, 2.75) is 32.5 Å². The average Bonchev–Trinajstić information content (AvgIpc) is 3.02. The first kappa shape index (κ1) is 20.9. The average molecular weight is 428 g/mol. The lowest BCUT2D eigenvalue weighted by Crippen LogP contribution is -2.11. The molecule has 7 heteroatoms. The van der Waals surface area contributed by atoms with Gasteiger partial charge in [-0.25, -0.2) is 4.39 Å². The molecule has 0 aliphatic carbocycles. The van der Waals surface area contributed by atoms with Crippen molar-refractivity contribution in [3.8, 4) is 0 Å². The summed E-state index contributed by atoms with van der Waals surface area (Å²) in [4.78, 5) is 12.0. The molecule has 4 aromatic rings. The first-order valence-corrected chi connectivity index (χ1v) is 9.90. The van der Waals surface area contributed by atoms with Crippen LogP contribution in [0.1, 0.15) is 40.4 Å². The molecule has 0 aliphatic rings. The fourth-order valence-corrected chi connectivity index (χ4v) is 4.08. The van der Waals surface area contributed by atoms with Crippen LogP contribution in [-0.4, -0.2) is 10.5 Å². The quantitative estimate of drug-likeness (QED) is 0.387. The Balaban J connectivity index is 1.97. The Morgan fingerprint density at radius 2 is 1.74 bits per heavy atom. The van der Waals surface area contributed by atoms with Crippen LogP contribution < -0.4 is 5.73 Å². The van der Waals surface area contributed by atoms with Crippen LogP contribution >= 0.6 is 0 Å². The zero-order valence-corrected chi connectivity index (χ0v) is 16.8. The molecule has 3 aromatic carbocycles. The lowest BCUT2D eigenvalue weighted by atomic mass is 10.0. The Morgan fingerprint density at radius 3 is 2.42 bits per heavy atom. The molecule has 1 aromatic heterocycles. The highest BCUT2D eigenvalue weighted by Gasteiger charge is 2.34. The third kappa shape index (κ3) is 3.76. The number of carbonyl (C=O) groups excluding carboxylic acids is 1. The summed E-state index contributed by atoms with van der Waals surface area (Å²) in [5.74, 6) is -1.89. The number of carbonyl (C=O) groups is 1. The number of aryl methyl sites for hydroxylation is 1. The first-order valence-electron chi connectivity index (χ1n) is 9.90. The summed E-state index contributed by atoms with van der Waals surface area (Å²) in [7, 11) is 0. The molecular weight excluding hydrogens is 408 g/mol. The molecular formula is C24H20F4N2O. The predicted octanol–water partition coefficient (Wildman–Crippen LogP) is 6.05. The maximum atomic E-state index is 13.8. The molecule has 1 amide bonds. The summed E-state index contributed by atoms with van der Waals surface area (Å²) in [6.07, 6.45) is -3.01. The topological polar surface area (TPSA) is 48.0 Å². The van der Waals surface area contributed by atoms with Crippen molar-refractivity contribution in [1.29, 1.82) is 0 Å². The number of primary amides is 1. The van der Waals surface area contributed by atoms with Gasteiger partial charge in [0.1, 0.15) is 5.82 Å². The summed E-state index contributed by atoms with van der Waals surface area (Å²) < 4.78 is 55.2. The highest BCUT2D eigenvalue weighted by atomic mass is 19.4. The largest absolute Gasteiger partial charge is 0.419 e. The molecule has 0 spiro atoms. The van der Waals surface area contributed by atoms with Gasteiger partial charge in [-0.2, -0.15) is 13.2 Å². The van der Waals surface area contributed by atoms with Crippen LogP contribution in [0.25, 0.3) is 21.8 Å². The number of rotatable bonds is 5. The molecule has 3 nitrogen and oxygen atoms in total. The van der Waals surface area contributed by atoms with Gasteiger partial charge in [0.15, 0.2) is 0 Å². The third-order valence-corrected chi connectivity index (χ3v) is 5.44. The van der Waals surface area contributed by atoms with Crippen molar-refractivity contribution >= 4 is 27.7 Å². The molecule has 0 aliphatic heterocycles. The van der Waals surface area contributed by atoms with E-state index < -0.39 is 23.5 Å². The third-order valence-electron chi connectivity index (χ3n) is 5.44. The van der Waals surface area contributed by atoms with Gasteiger partial charge in [0, 0.05) is 28.4 Å². The standard InChI is InChI=1S/C24H20F4N2O/c1-2-4-14-7-9-16-21(12-14)30(20-6-3-5-17(22(16)20)23(29)31)13-15-8-10-19(25)18(11-15)24(26,27)28/h3,5-12H,2,4,13H2,1H3,(H2,29,31). The van der Waals surface area contributed by atoms with Crippen molar-refractivity contribution in [1.82, 2.24) is 4.57 Å². The maximum absolute atomic E-state index is 13.8. The highest BCUT2D eigenvalue weighted by Crippen LogP contribution is 2.35. The van der Waals surface area contributed by atoms with Gasteiger partial charge in [-0.3, -0.25) is 4.79 Å². The Bertz CT molecular complexity index is 1300. The smallest absolute Gasteiger partial charge is 0.366 e. The van der Waals surface area contributed by atoms with Crippen LogP contribution in [0, 0.1) is 5.82 Å². The fourth-order valence-electron chi connectivity index (χ4n) is 4.08. The van der Waals surface area contributed by atoms with E-state index in [1.165, 1.54) is 6.07 Å². The van der Waals surface area contributed by atoms with E-state index in [9.17, 15) is 22.4 Å². The number of hydrogen-bond acceptors (Lipinski definition) is 1. The van der Waals surface area contributed by atoms with E-state index in [2.05, 4.69) is 6.92 Å². The van der Waals surface area contributed by atoms with Gasteiger partial charge >= 0.3 is 6.18 Å². The number of alkyl halides is 3. The first-order chi connectivity index (χ1) is 14.7. The molecule has 0 saturated carbocycles. The number of halogens is 4. The van der Waals surface area contributed by atoms with Gasteiger partial charge in [-0.05, 0) is 47.9 Å². The molecule has 1 heterocycles. The molecule has 0 radical (unpaired) electrons. The van der Waals surface area contributed by atoms with Crippen molar-refractivity contribution in [2.24, 2.45) is 5.73 Å². The van der Waals surface area contributed by atoms with Gasteiger partial charge in [0.25, 0.3) is 0 Å². The molecule has 4 rings (SSSR count). The number of fused-ring (bicyclic) bond motifs is 3. The van der Waals surface area contributed by atoms with Gasteiger partial charge < -0.3 is 10.3 Å². The molecule has 0 fully saturated rings. The SMILES string of the molecule is CCCc1ccc2c3c(C(N)=O)cccc3n(Cc3ccc(F)c(C(F)(F)F)c3)c2c1. The van der Waals surface area contributed by atoms with E-state index in [1.54, 1.807) is 18.2 Å². The van der Waals surface area contributed by atoms with E-state index in [0.29, 0.717) is 22.0 Å². The molecule has 2 N–H and O–H groups in total. The maximum Gasteiger partial charge on any atom is 0.419 e. The molecule has 0 bridgehead atoms. The summed E-state index contributed by atoms with van der Waals surface area (Å²) in [5.41, 5.74) is 7.48. The Morgan fingerprint density at radius 1 is 1.00 bits per heavy atom. The van der Waals surface area contributed by atoms with Gasteiger partial charge in [0.05, 0.1) is 11.1 Å². The second-order valence-corrected chi connectivity index (χ2v) is 7.56.